The van der Waals surface area contributed by atoms with E-state index in [1.807, 2.05) is 74.5 Å². The maximum Gasteiger partial charge on any atom is 0.407 e. The number of hydrogen-bond donors (Lipinski definition) is 3. The number of aliphatic hydroxyl groups is 2. The first kappa shape index (κ1) is 20.9. The maximum absolute atomic E-state index is 12.2. The first-order valence-corrected chi connectivity index (χ1v) is 9.33. The Morgan fingerprint density at radius 3 is 2.07 bits per heavy atom. The molecule has 0 bridgehead atoms. The Morgan fingerprint density at radius 2 is 1.52 bits per heavy atom. The third-order valence-corrected chi connectivity index (χ3v) is 4.33. The predicted molar refractivity (Wildman–Crippen MR) is 105 cm³/mol. The fourth-order valence-corrected chi connectivity index (χ4v) is 2.93. The molecule has 146 valence electrons. The Morgan fingerprint density at radius 1 is 0.963 bits per heavy atom. The van der Waals surface area contributed by atoms with Gasteiger partial charge in [0.25, 0.3) is 0 Å². The zero-order chi connectivity index (χ0) is 19.6. The minimum absolute atomic E-state index is 0.148. The Kier molecular flexibility index (Phi) is 8.30. The smallest absolute Gasteiger partial charge is 0.407 e. The highest BCUT2D eigenvalue weighted by Gasteiger charge is 2.29. The van der Waals surface area contributed by atoms with E-state index in [0.717, 1.165) is 11.1 Å². The average Bonchev–Trinajstić information content (AvgIpc) is 2.66. The van der Waals surface area contributed by atoms with Crippen molar-refractivity contribution in [1.29, 1.82) is 0 Å². The van der Waals surface area contributed by atoms with Crippen molar-refractivity contribution in [2.45, 2.75) is 51.5 Å². The zero-order valence-corrected chi connectivity index (χ0v) is 15.9. The Bertz CT molecular complexity index is 675. The molecule has 0 saturated carbocycles. The molecular weight excluding hydrogens is 342 g/mol. The molecule has 3 N–H and O–H groups in total. The molecule has 2 aromatic rings. The summed E-state index contributed by atoms with van der Waals surface area (Å²) in [5.74, 6) is 0.233. The molecule has 0 spiro atoms. The van der Waals surface area contributed by atoms with Crippen LogP contribution in [0.25, 0.3) is 0 Å². The van der Waals surface area contributed by atoms with E-state index in [1.165, 1.54) is 0 Å². The second kappa shape index (κ2) is 10.7. The summed E-state index contributed by atoms with van der Waals surface area (Å²) in [6.07, 6.45) is -1.77. The van der Waals surface area contributed by atoms with Crippen molar-refractivity contribution in [1.82, 2.24) is 5.32 Å². The highest BCUT2D eigenvalue weighted by Crippen LogP contribution is 2.15. The van der Waals surface area contributed by atoms with Gasteiger partial charge in [-0.3, -0.25) is 0 Å². The number of aliphatic hydroxyl groups excluding tert-OH is 2. The number of carbonyl (C=O) groups is 1. The van der Waals surface area contributed by atoms with Gasteiger partial charge in [0.1, 0.15) is 12.7 Å². The molecule has 3 atom stereocenters. The van der Waals surface area contributed by atoms with E-state index in [4.69, 9.17) is 4.74 Å². The van der Waals surface area contributed by atoms with E-state index in [2.05, 4.69) is 5.32 Å². The molecule has 5 heteroatoms. The van der Waals surface area contributed by atoms with Crippen LogP contribution in [0.3, 0.4) is 0 Å². The van der Waals surface area contributed by atoms with Crippen LogP contribution in [0, 0.1) is 5.92 Å². The molecule has 0 aromatic heterocycles. The fourth-order valence-electron chi connectivity index (χ4n) is 2.93. The summed E-state index contributed by atoms with van der Waals surface area (Å²) in [7, 11) is 0. The fraction of sp³-hybridized carbons (Fsp3) is 0.409. The summed E-state index contributed by atoms with van der Waals surface area (Å²) in [6.45, 7) is 4.10. The Balaban J connectivity index is 2.00. The Labute approximate surface area is 161 Å². The van der Waals surface area contributed by atoms with Gasteiger partial charge < -0.3 is 20.3 Å². The molecule has 0 saturated heterocycles. The minimum atomic E-state index is -1.09. The van der Waals surface area contributed by atoms with Crippen LogP contribution in [0.2, 0.25) is 0 Å². The normalized spacial score (nSPS) is 14.4. The van der Waals surface area contributed by atoms with Crippen molar-refractivity contribution in [3.8, 4) is 0 Å². The van der Waals surface area contributed by atoms with Crippen LogP contribution < -0.4 is 5.32 Å². The van der Waals surface area contributed by atoms with Gasteiger partial charge in [-0.1, -0.05) is 74.5 Å². The summed E-state index contributed by atoms with van der Waals surface area (Å²) in [6, 6.07) is 18.3. The lowest BCUT2D eigenvalue weighted by atomic mass is 9.93. The molecule has 0 aliphatic heterocycles. The molecule has 0 fully saturated rings. The third kappa shape index (κ3) is 7.41. The number of rotatable bonds is 9. The number of amides is 1. The van der Waals surface area contributed by atoms with Gasteiger partial charge in [0.15, 0.2) is 0 Å². The number of carbonyl (C=O) groups excluding carboxylic acids is 1. The predicted octanol–water partition coefficient (Wildman–Crippen LogP) is 3.29. The van der Waals surface area contributed by atoms with Gasteiger partial charge in [0.05, 0.1) is 12.1 Å². The maximum atomic E-state index is 12.2. The first-order chi connectivity index (χ1) is 13.0. The monoisotopic (exact) mass is 371 g/mol. The Hall–Kier alpha value is -2.37. The van der Waals surface area contributed by atoms with Crippen LogP contribution in [-0.4, -0.2) is 34.6 Å². The molecule has 0 aliphatic rings. The van der Waals surface area contributed by atoms with E-state index in [-0.39, 0.29) is 12.5 Å². The largest absolute Gasteiger partial charge is 0.445 e. The summed E-state index contributed by atoms with van der Waals surface area (Å²) in [5.41, 5.74) is 1.84. The van der Waals surface area contributed by atoms with Gasteiger partial charge in [0, 0.05) is 0 Å². The third-order valence-electron chi connectivity index (χ3n) is 4.33. The lowest BCUT2D eigenvalue weighted by Gasteiger charge is -2.28. The highest BCUT2D eigenvalue weighted by molar-refractivity contribution is 5.67. The van der Waals surface area contributed by atoms with Crippen molar-refractivity contribution in [2.75, 3.05) is 0 Å². The van der Waals surface area contributed by atoms with Gasteiger partial charge in [-0.15, -0.1) is 0 Å². The number of benzene rings is 2. The standard InChI is InChI=1S/C22H29NO4/c1-16(2)13-20(24)21(25)19(14-17-9-5-3-6-10-17)23-22(26)27-15-18-11-7-4-8-12-18/h3-12,16,19-21,24-25H,13-15H2,1-2H3,(H,23,26)/t19-,20+,21+/m0/s1. The molecular formula is C22H29NO4. The van der Waals surface area contributed by atoms with Crippen molar-refractivity contribution in [2.24, 2.45) is 5.92 Å². The molecule has 1 amide bonds. The van der Waals surface area contributed by atoms with E-state index in [9.17, 15) is 15.0 Å². The van der Waals surface area contributed by atoms with E-state index in [0.29, 0.717) is 12.8 Å². The molecule has 0 heterocycles. The van der Waals surface area contributed by atoms with Crippen LogP contribution in [0.1, 0.15) is 31.4 Å². The number of alkyl carbamates (subject to hydrolysis) is 1. The molecule has 2 aromatic carbocycles. The van der Waals surface area contributed by atoms with Crippen LogP contribution >= 0.6 is 0 Å². The lowest BCUT2D eigenvalue weighted by molar-refractivity contribution is -0.0142. The van der Waals surface area contributed by atoms with Crippen LogP contribution in [-0.2, 0) is 17.8 Å². The van der Waals surface area contributed by atoms with Crippen molar-refractivity contribution >= 4 is 6.09 Å². The van der Waals surface area contributed by atoms with E-state index in [1.54, 1.807) is 0 Å². The average molecular weight is 371 g/mol. The lowest BCUT2D eigenvalue weighted by Crippen LogP contribution is -2.50. The summed E-state index contributed by atoms with van der Waals surface area (Å²) < 4.78 is 5.26. The van der Waals surface area contributed by atoms with E-state index < -0.39 is 24.3 Å². The topological polar surface area (TPSA) is 78.8 Å². The van der Waals surface area contributed by atoms with Crippen molar-refractivity contribution in [3.05, 3.63) is 71.8 Å². The molecule has 2 rings (SSSR count). The van der Waals surface area contributed by atoms with Crippen LogP contribution in [0.15, 0.2) is 60.7 Å². The van der Waals surface area contributed by atoms with Crippen LogP contribution in [0.5, 0.6) is 0 Å². The number of ether oxygens (including phenoxy) is 1. The number of nitrogens with one attached hydrogen (secondary N) is 1. The SMILES string of the molecule is CC(C)C[C@@H](O)[C@H](O)[C@H](Cc1ccccc1)NC(=O)OCc1ccccc1. The van der Waals surface area contributed by atoms with Crippen molar-refractivity contribution in [3.63, 3.8) is 0 Å². The second-order valence-electron chi connectivity index (χ2n) is 7.19. The van der Waals surface area contributed by atoms with E-state index >= 15 is 0 Å². The van der Waals surface area contributed by atoms with Crippen LogP contribution in [0.4, 0.5) is 4.79 Å². The summed E-state index contributed by atoms with van der Waals surface area (Å²) in [4.78, 5) is 12.2. The van der Waals surface area contributed by atoms with Gasteiger partial charge in [-0.2, -0.15) is 0 Å². The van der Waals surface area contributed by atoms with Gasteiger partial charge in [-0.05, 0) is 29.9 Å². The second-order valence-corrected chi connectivity index (χ2v) is 7.19. The molecule has 0 radical (unpaired) electrons. The van der Waals surface area contributed by atoms with Gasteiger partial charge >= 0.3 is 6.09 Å². The summed E-state index contributed by atoms with van der Waals surface area (Å²) >= 11 is 0. The molecule has 0 unspecified atom stereocenters. The summed E-state index contributed by atoms with van der Waals surface area (Å²) in [5, 5.41) is 23.6. The highest BCUT2D eigenvalue weighted by atomic mass is 16.5. The molecule has 27 heavy (non-hydrogen) atoms. The molecule has 0 aliphatic carbocycles. The number of hydrogen-bond acceptors (Lipinski definition) is 4. The van der Waals surface area contributed by atoms with Gasteiger partial charge in [0.2, 0.25) is 0 Å². The first-order valence-electron chi connectivity index (χ1n) is 9.33. The quantitative estimate of drug-likeness (QED) is 0.632. The minimum Gasteiger partial charge on any atom is -0.445 e. The van der Waals surface area contributed by atoms with Crippen molar-refractivity contribution < 1.29 is 19.7 Å². The molecule has 5 nitrogen and oxygen atoms in total. The zero-order valence-electron chi connectivity index (χ0n) is 15.9. The van der Waals surface area contributed by atoms with Gasteiger partial charge in [-0.25, -0.2) is 4.79 Å².